The molecule has 0 bridgehead atoms. The summed E-state index contributed by atoms with van der Waals surface area (Å²) >= 11 is 0. The highest BCUT2D eigenvalue weighted by Crippen LogP contribution is 2.22. The second-order valence-electron chi connectivity index (χ2n) is 14.8. The van der Waals surface area contributed by atoms with E-state index in [0.29, 0.717) is 6.42 Å². The van der Waals surface area contributed by atoms with Crippen LogP contribution in [0, 0.1) is 0 Å². The molecule has 0 spiro atoms. The highest BCUT2D eigenvalue weighted by Gasteiger charge is 2.44. The zero-order chi connectivity index (χ0) is 37.4. The van der Waals surface area contributed by atoms with E-state index in [1.165, 1.54) is 122 Å². The average molecular weight is 726 g/mol. The molecule has 0 aliphatic carbocycles. The van der Waals surface area contributed by atoms with Gasteiger partial charge in [0, 0.05) is 6.42 Å². The fourth-order valence-corrected chi connectivity index (χ4v) is 6.58. The zero-order valence-electron chi connectivity index (χ0n) is 32.6. The van der Waals surface area contributed by atoms with E-state index >= 15 is 0 Å². The van der Waals surface area contributed by atoms with E-state index in [2.05, 4.69) is 31.3 Å². The van der Waals surface area contributed by atoms with Crippen LogP contribution in [0.4, 0.5) is 0 Å². The summed E-state index contributed by atoms with van der Waals surface area (Å²) in [6, 6.07) is -0.814. The molecule has 9 nitrogen and oxygen atoms in total. The van der Waals surface area contributed by atoms with Crippen molar-refractivity contribution in [1.29, 1.82) is 0 Å². The van der Waals surface area contributed by atoms with Gasteiger partial charge in [0.25, 0.3) is 0 Å². The van der Waals surface area contributed by atoms with Crippen molar-refractivity contribution in [3.05, 3.63) is 24.3 Å². The number of rotatable bonds is 34. The van der Waals surface area contributed by atoms with E-state index in [-0.39, 0.29) is 12.5 Å². The Balaban J connectivity index is 2.36. The van der Waals surface area contributed by atoms with Gasteiger partial charge in [-0.3, -0.25) is 4.79 Å². The minimum absolute atomic E-state index is 0.188. The molecule has 0 aromatic rings. The number of aliphatic hydroxyl groups is 5. The van der Waals surface area contributed by atoms with Crippen LogP contribution in [-0.4, -0.2) is 87.5 Å². The number of amides is 1. The van der Waals surface area contributed by atoms with Gasteiger partial charge in [-0.2, -0.15) is 0 Å². The van der Waals surface area contributed by atoms with E-state index < -0.39 is 49.5 Å². The predicted molar refractivity (Wildman–Crippen MR) is 207 cm³/mol. The normalized spacial score (nSPS) is 22.2. The number of hydrogen-bond acceptors (Lipinski definition) is 8. The molecule has 9 heteroatoms. The van der Waals surface area contributed by atoms with Crippen molar-refractivity contribution in [1.82, 2.24) is 5.32 Å². The maximum absolute atomic E-state index is 12.9. The van der Waals surface area contributed by atoms with Gasteiger partial charge in [0.15, 0.2) is 6.29 Å². The minimum Gasteiger partial charge on any atom is -0.394 e. The molecule has 0 aromatic heterocycles. The number of carbonyl (C=O) groups is 1. The van der Waals surface area contributed by atoms with Crippen LogP contribution in [0.25, 0.3) is 0 Å². The smallest absolute Gasteiger partial charge is 0.220 e. The van der Waals surface area contributed by atoms with Crippen LogP contribution in [-0.2, 0) is 14.3 Å². The first kappa shape index (κ1) is 47.7. The maximum atomic E-state index is 12.9. The summed E-state index contributed by atoms with van der Waals surface area (Å²) < 4.78 is 11.1. The molecule has 1 saturated heterocycles. The van der Waals surface area contributed by atoms with Crippen molar-refractivity contribution in [3.63, 3.8) is 0 Å². The van der Waals surface area contributed by atoms with Gasteiger partial charge < -0.3 is 40.3 Å². The highest BCUT2D eigenvalue weighted by atomic mass is 16.7. The molecule has 6 N–H and O–H groups in total. The molecule has 1 aliphatic heterocycles. The van der Waals surface area contributed by atoms with Gasteiger partial charge in [-0.25, -0.2) is 0 Å². The lowest BCUT2D eigenvalue weighted by molar-refractivity contribution is -0.302. The third-order valence-electron chi connectivity index (χ3n) is 10.0. The lowest BCUT2D eigenvalue weighted by Crippen LogP contribution is -2.60. The summed E-state index contributed by atoms with van der Waals surface area (Å²) in [5.74, 6) is -0.188. The Labute approximate surface area is 311 Å². The summed E-state index contributed by atoms with van der Waals surface area (Å²) in [5.41, 5.74) is 0. The Morgan fingerprint density at radius 2 is 1.12 bits per heavy atom. The van der Waals surface area contributed by atoms with Gasteiger partial charge in [0.1, 0.15) is 24.4 Å². The summed E-state index contributed by atoms with van der Waals surface area (Å²) in [7, 11) is 0. The van der Waals surface area contributed by atoms with Crippen LogP contribution in [0.5, 0.6) is 0 Å². The summed E-state index contributed by atoms with van der Waals surface area (Å²) in [6.07, 6.45) is 30.9. The fourth-order valence-electron chi connectivity index (χ4n) is 6.58. The van der Waals surface area contributed by atoms with Gasteiger partial charge in [-0.05, 0) is 32.1 Å². The third-order valence-corrected chi connectivity index (χ3v) is 10.0. The molecule has 1 rings (SSSR count). The van der Waals surface area contributed by atoms with Gasteiger partial charge in [-0.15, -0.1) is 0 Å². The monoisotopic (exact) mass is 726 g/mol. The summed E-state index contributed by atoms with van der Waals surface area (Å²) in [4.78, 5) is 12.9. The van der Waals surface area contributed by atoms with E-state index in [9.17, 15) is 30.3 Å². The van der Waals surface area contributed by atoms with Crippen LogP contribution < -0.4 is 5.32 Å². The Kier molecular flexibility index (Phi) is 31.1. The van der Waals surface area contributed by atoms with Crippen LogP contribution in [0.15, 0.2) is 24.3 Å². The third kappa shape index (κ3) is 24.6. The van der Waals surface area contributed by atoms with Crippen LogP contribution >= 0.6 is 0 Å². The Bertz CT molecular complexity index is 853. The summed E-state index contributed by atoms with van der Waals surface area (Å²) in [5, 5.41) is 53.9. The highest BCUT2D eigenvalue weighted by molar-refractivity contribution is 5.76. The molecule has 1 amide bonds. The van der Waals surface area contributed by atoms with Gasteiger partial charge in [0.05, 0.1) is 25.4 Å². The molecule has 7 atom stereocenters. The van der Waals surface area contributed by atoms with Crippen LogP contribution in [0.3, 0.4) is 0 Å². The number of ether oxygens (including phenoxy) is 2. The molecule has 2 unspecified atom stereocenters. The topological polar surface area (TPSA) is 149 Å². The minimum atomic E-state index is -1.57. The number of carbonyl (C=O) groups excluding carboxylic acids is 1. The van der Waals surface area contributed by atoms with Crippen LogP contribution in [0.1, 0.15) is 181 Å². The molecule has 0 aromatic carbocycles. The maximum Gasteiger partial charge on any atom is 0.220 e. The Morgan fingerprint density at radius 3 is 1.65 bits per heavy atom. The van der Waals surface area contributed by atoms with Crippen LogP contribution in [0.2, 0.25) is 0 Å². The number of allylic oxidation sites excluding steroid dienone is 3. The Hall–Kier alpha value is -1.33. The SMILES string of the molecule is CCCCCC/C=C/CC/C=C/[C@@H](O)[C@H](CO[C@H]1O[C@@H](CO)[C@H](O)C(O)C1O)NC(=O)CCCCCCCCCCCCCCCCCCCC. The average Bonchev–Trinajstić information content (AvgIpc) is 3.13. The standard InChI is InChI=1S/C42H79NO8/c1-3-5-7-9-11-13-15-16-17-18-19-20-21-22-24-26-28-30-32-38(46)43-35(34-50-42-41(49)40(48)39(47)37(33-44)51-42)36(45)31-29-27-25-23-14-12-10-8-6-4-2/h14,23,29,31,35-37,39-42,44-45,47-49H,3-13,15-22,24-28,30,32-34H2,1-2H3,(H,43,46)/b23-14+,31-29+/t35-,36+,37-,39-,40?,41?,42-/m0/s1. The lowest BCUT2D eigenvalue weighted by atomic mass is 9.99. The number of unbranched alkanes of at least 4 members (excludes halogenated alkanes) is 22. The largest absolute Gasteiger partial charge is 0.394 e. The fraction of sp³-hybridized carbons (Fsp3) is 0.881. The molecule has 300 valence electrons. The molecular formula is C42H79NO8. The first-order valence-corrected chi connectivity index (χ1v) is 21.1. The number of aliphatic hydroxyl groups excluding tert-OH is 5. The van der Waals surface area contributed by atoms with E-state index in [4.69, 9.17) is 9.47 Å². The first-order chi connectivity index (χ1) is 24.8. The predicted octanol–water partition coefficient (Wildman–Crippen LogP) is 7.94. The zero-order valence-corrected chi connectivity index (χ0v) is 32.6. The molecular weight excluding hydrogens is 646 g/mol. The van der Waals surface area contributed by atoms with Gasteiger partial charge in [-0.1, -0.05) is 167 Å². The molecule has 1 heterocycles. The number of hydrogen-bond donors (Lipinski definition) is 6. The molecule has 0 saturated carbocycles. The van der Waals surface area contributed by atoms with Crippen molar-refractivity contribution in [2.75, 3.05) is 13.2 Å². The number of nitrogens with one attached hydrogen (secondary N) is 1. The van der Waals surface area contributed by atoms with Crippen molar-refractivity contribution in [2.45, 2.75) is 224 Å². The van der Waals surface area contributed by atoms with Crippen molar-refractivity contribution < 1.29 is 39.8 Å². The Morgan fingerprint density at radius 1 is 0.647 bits per heavy atom. The van der Waals surface area contributed by atoms with E-state index in [1.807, 2.05) is 6.08 Å². The second-order valence-corrected chi connectivity index (χ2v) is 14.8. The van der Waals surface area contributed by atoms with Crippen molar-refractivity contribution in [2.24, 2.45) is 0 Å². The van der Waals surface area contributed by atoms with E-state index in [0.717, 1.165) is 38.5 Å². The second kappa shape index (κ2) is 33.3. The molecule has 1 aliphatic rings. The van der Waals surface area contributed by atoms with E-state index in [1.54, 1.807) is 6.08 Å². The summed E-state index contributed by atoms with van der Waals surface area (Å²) in [6.45, 7) is 3.71. The molecule has 51 heavy (non-hydrogen) atoms. The van der Waals surface area contributed by atoms with Gasteiger partial charge >= 0.3 is 0 Å². The molecule has 1 fully saturated rings. The van der Waals surface area contributed by atoms with Crippen molar-refractivity contribution in [3.8, 4) is 0 Å². The molecule has 0 radical (unpaired) electrons. The van der Waals surface area contributed by atoms with Crippen molar-refractivity contribution >= 4 is 5.91 Å². The quantitative estimate of drug-likeness (QED) is 0.0289. The lowest BCUT2D eigenvalue weighted by Gasteiger charge is -2.40. The first-order valence-electron chi connectivity index (χ1n) is 21.1. The van der Waals surface area contributed by atoms with Gasteiger partial charge in [0.2, 0.25) is 5.91 Å².